The summed E-state index contributed by atoms with van der Waals surface area (Å²) in [6.07, 6.45) is 26.2. The molecule has 0 spiro atoms. The first-order valence-electron chi connectivity index (χ1n) is 16.1. The van der Waals surface area contributed by atoms with Crippen molar-refractivity contribution in [1.82, 2.24) is 15.0 Å². The lowest BCUT2D eigenvalue weighted by atomic mass is 10.0. The second-order valence-electron chi connectivity index (χ2n) is 10.8. The normalized spacial score (nSPS) is 13.7. The molecule has 3 unspecified atom stereocenters. The standard InChI is InChI=1S/C32H55N3O4S2/c1-3-4-5-6-7-8-9-10-11-12-13-14-15-16-17-18-23-37-27-30(39-32-34-20-19-21-35-32)28-41(36)26-24-38-29(2)31-33-22-25-40-31/h19-22,25,29-30H,3-18,23-24,26-28H2,1-2H3. The third kappa shape index (κ3) is 19.4. The van der Waals surface area contributed by atoms with Gasteiger partial charge in [-0.3, -0.25) is 4.21 Å². The van der Waals surface area contributed by atoms with Gasteiger partial charge in [-0.15, -0.1) is 11.3 Å². The minimum absolute atomic E-state index is 0.0974. The Balaban J connectivity index is 1.49. The average Bonchev–Trinajstić information content (AvgIpc) is 3.52. The zero-order valence-corrected chi connectivity index (χ0v) is 27.3. The van der Waals surface area contributed by atoms with E-state index in [-0.39, 0.29) is 18.2 Å². The monoisotopic (exact) mass is 609 g/mol. The summed E-state index contributed by atoms with van der Waals surface area (Å²) in [5.74, 6) is 0.788. The average molecular weight is 610 g/mol. The molecule has 2 aromatic rings. The largest absolute Gasteiger partial charge is 0.457 e. The number of ether oxygens (including phenoxy) is 3. The molecule has 2 rings (SSSR count). The van der Waals surface area contributed by atoms with Crippen LogP contribution in [0.3, 0.4) is 0 Å². The van der Waals surface area contributed by atoms with Crippen molar-refractivity contribution in [3.63, 3.8) is 0 Å². The van der Waals surface area contributed by atoms with Crippen LogP contribution in [0.25, 0.3) is 0 Å². The van der Waals surface area contributed by atoms with Crippen molar-refractivity contribution >= 4 is 22.1 Å². The van der Waals surface area contributed by atoms with E-state index in [1.165, 1.54) is 96.3 Å². The van der Waals surface area contributed by atoms with E-state index in [1.807, 2.05) is 12.3 Å². The summed E-state index contributed by atoms with van der Waals surface area (Å²) in [7, 11) is -1.11. The number of hydrogen-bond donors (Lipinski definition) is 0. The second kappa shape index (κ2) is 25.1. The molecule has 0 aliphatic carbocycles. The summed E-state index contributed by atoms with van der Waals surface area (Å²) in [5.41, 5.74) is 0. The van der Waals surface area contributed by atoms with Crippen LogP contribution in [0.15, 0.2) is 30.0 Å². The topological polar surface area (TPSA) is 83.4 Å². The van der Waals surface area contributed by atoms with Gasteiger partial charge >= 0.3 is 6.01 Å². The van der Waals surface area contributed by atoms with E-state index in [9.17, 15) is 4.21 Å². The Morgan fingerprint density at radius 1 is 0.780 bits per heavy atom. The summed E-state index contributed by atoms with van der Waals surface area (Å²) in [5, 5.41) is 2.86. The van der Waals surface area contributed by atoms with Gasteiger partial charge in [0.15, 0.2) is 0 Å². The molecule has 234 valence electrons. The molecule has 3 atom stereocenters. The highest BCUT2D eigenvalue weighted by atomic mass is 32.2. The highest BCUT2D eigenvalue weighted by molar-refractivity contribution is 7.85. The SMILES string of the molecule is CCCCCCCCCCCCCCCCCCOCC(CS(=O)CCOC(C)c1nccs1)Oc1ncccn1. The molecule has 0 fully saturated rings. The number of hydrogen-bond acceptors (Lipinski definition) is 8. The van der Waals surface area contributed by atoms with E-state index >= 15 is 0 Å². The lowest BCUT2D eigenvalue weighted by Crippen LogP contribution is -2.31. The predicted molar refractivity (Wildman–Crippen MR) is 171 cm³/mol. The van der Waals surface area contributed by atoms with Crippen molar-refractivity contribution in [2.45, 2.75) is 129 Å². The van der Waals surface area contributed by atoms with Crippen molar-refractivity contribution in [2.24, 2.45) is 0 Å². The van der Waals surface area contributed by atoms with Crippen LogP contribution >= 0.6 is 11.3 Å². The van der Waals surface area contributed by atoms with E-state index in [0.29, 0.717) is 31.3 Å². The van der Waals surface area contributed by atoms with Gasteiger partial charge in [-0.2, -0.15) is 0 Å². The molecule has 2 aromatic heterocycles. The molecule has 0 saturated carbocycles. The molecule has 0 bridgehead atoms. The van der Waals surface area contributed by atoms with Crippen molar-refractivity contribution in [2.75, 3.05) is 31.3 Å². The molecule has 9 heteroatoms. The van der Waals surface area contributed by atoms with Crippen LogP contribution in [0, 0.1) is 0 Å². The molecule has 2 heterocycles. The van der Waals surface area contributed by atoms with Gasteiger partial charge in [-0.25, -0.2) is 15.0 Å². The van der Waals surface area contributed by atoms with Gasteiger partial charge in [-0.1, -0.05) is 103 Å². The molecule has 0 aromatic carbocycles. The minimum atomic E-state index is -1.11. The van der Waals surface area contributed by atoms with Gasteiger partial charge < -0.3 is 14.2 Å². The number of nitrogens with zero attached hydrogens (tertiary/aromatic N) is 3. The quantitative estimate of drug-likeness (QED) is 0.0895. The van der Waals surface area contributed by atoms with Crippen LogP contribution in [0.2, 0.25) is 0 Å². The molecular formula is C32H55N3O4S2. The molecule has 41 heavy (non-hydrogen) atoms. The maximum atomic E-state index is 12.7. The second-order valence-corrected chi connectivity index (χ2v) is 13.4. The maximum absolute atomic E-state index is 12.7. The minimum Gasteiger partial charge on any atom is -0.457 e. The summed E-state index contributed by atoms with van der Waals surface area (Å²) >= 11 is 1.56. The van der Waals surface area contributed by atoms with Gasteiger partial charge in [0.2, 0.25) is 0 Å². The Bertz CT molecular complexity index is 858. The molecule has 0 radical (unpaired) electrons. The van der Waals surface area contributed by atoms with Crippen molar-refractivity contribution in [1.29, 1.82) is 0 Å². The molecular weight excluding hydrogens is 555 g/mol. The van der Waals surface area contributed by atoms with Gasteiger partial charge in [-0.05, 0) is 19.4 Å². The third-order valence-corrected chi connectivity index (χ3v) is 9.41. The van der Waals surface area contributed by atoms with Gasteiger partial charge in [0.25, 0.3) is 0 Å². The van der Waals surface area contributed by atoms with Crippen molar-refractivity contribution in [3.8, 4) is 6.01 Å². The van der Waals surface area contributed by atoms with Crippen LogP contribution in [0.5, 0.6) is 6.01 Å². The summed E-state index contributed by atoms with van der Waals surface area (Å²) in [6, 6.07) is 2.03. The molecule has 0 saturated heterocycles. The fourth-order valence-electron chi connectivity index (χ4n) is 4.69. The lowest BCUT2D eigenvalue weighted by molar-refractivity contribution is 0.0535. The van der Waals surface area contributed by atoms with Crippen LogP contribution in [0.4, 0.5) is 0 Å². The first-order chi connectivity index (χ1) is 20.2. The van der Waals surface area contributed by atoms with E-state index in [1.54, 1.807) is 36.0 Å². The van der Waals surface area contributed by atoms with Crippen molar-refractivity contribution < 1.29 is 18.4 Å². The predicted octanol–water partition coefficient (Wildman–Crippen LogP) is 8.49. The van der Waals surface area contributed by atoms with E-state index in [2.05, 4.69) is 21.9 Å². The summed E-state index contributed by atoms with van der Waals surface area (Å²) in [4.78, 5) is 12.6. The molecule has 0 N–H and O–H groups in total. The number of aromatic nitrogens is 3. The molecule has 7 nitrogen and oxygen atoms in total. The number of thiazole rings is 1. The van der Waals surface area contributed by atoms with E-state index in [0.717, 1.165) is 11.4 Å². The Hall–Kier alpha value is -1.42. The van der Waals surface area contributed by atoms with E-state index < -0.39 is 10.8 Å². The Kier molecular flexibility index (Phi) is 21.9. The molecule has 0 amide bonds. The zero-order chi connectivity index (χ0) is 29.2. The fourth-order valence-corrected chi connectivity index (χ4v) is 6.36. The first-order valence-corrected chi connectivity index (χ1v) is 18.4. The number of unbranched alkanes of at least 4 members (excludes halogenated alkanes) is 15. The molecule has 0 aliphatic heterocycles. The maximum Gasteiger partial charge on any atom is 0.316 e. The Morgan fingerprint density at radius 2 is 1.37 bits per heavy atom. The Labute approximate surface area is 256 Å². The zero-order valence-electron chi connectivity index (χ0n) is 25.7. The van der Waals surface area contributed by atoms with Crippen LogP contribution in [-0.4, -0.2) is 56.6 Å². The van der Waals surface area contributed by atoms with Crippen LogP contribution in [-0.2, 0) is 20.3 Å². The van der Waals surface area contributed by atoms with Crippen LogP contribution in [0.1, 0.15) is 128 Å². The van der Waals surface area contributed by atoms with Crippen LogP contribution < -0.4 is 4.74 Å². The fraction of sp³-hybridized carbons (Fsp3) is 0.781. The van der Waals surface area contributed by atoms with Crippen molar-refractivity contribution in [3.05, 3.63) is 35.0 Å². The summed E-state index contributed by atoms with van der Waals surface area (Å²) in [6.45, 7) is 5.72. The Morgan fingerprint density at radius 3 is 1.93 bits per heavy atom. The molecule has 0 aliphatic rings. The highest BCUT2D eigenvalue weighted by Crippen LogP contribution is 2.18. The lowest BCUT2D eigenvalue weighted by Gasteiger charge is -2.18. The van der Waals surface area contributed by atoms with Gasteiger partial charge in [0.05, 0.1) is 19.0 Å². The van der Waals surface area contributed by atoms with Gasteiger partial charge in [0, 0.05) is 47.1 Å². The number of rotatable bonds is 28. The smallest absolute Gasteiger partial charge is 0.316 e. The summed E-state index contributed by atoms with van der Waals surface area (Å²) < 4.78 is 30.4. The first kappa shape index (κ1) is 35.8. The third-order valence-electron chi connectivity index (χ3n) is 7.11. The van der Waals surface area contributed by atoms with E-state index in [4.69, 9.17) is 14.2 Å². The van der Waals surface area contributed by atoms with Gasteiger partial charge in [0.1, 0.15) is 17.2 Å². The highest BCUT2D eigenvalue weighted by Gasteiger charge is 2.17.